The SMILES string of the molecule is CN(C)c1ccccc1.I. The number of para-hydroxylation sites is 1. The van der Waals surface area contributed by atoms with E-state index in [1.54, 1.807) is 0 Å². The van der Waals surface area contributed by atoms with Crippen LogP contribution in [0.2, 0.25) is 0 Å². The van der Waals surface area contributed by atoms with E-state index in [9.17, 15) is 0 Å². The topological polar surface area (TPSA) is 3.24 Å². The number of nitrogens with zero attached hydrogens (tertiary/aromatic N) is 1. The van der Waals surface area contributed by atoms with Gasteiger partial charge in [-0.1, -0.05) is 18.2 Å². The molecule has 56 valence electrons. The van der Waals surface area contributed by atoms with Gasteiger partial charge in [0.05, 0.1) is 0 Å². The molecule has 0 bridgehead atoms. The van der Waals surface area contributed by atoms with E-state index in [4.69, 9.17) is 0 Å². The van der Waals surface area contributed by atoms with Gasteiger partial charge in [-0.05, 0) is 12.1 Å². The molecule has 0 aromatic heterocycles. The van der Waals surface area contributed by atoms with Crippen LogP contribution in [0.5, 0.6) is 0 Å². The highest BCUT2D eigenvalue weighted by molar-refractivity contribution is 14.0. The van der Waals surface area contributed by atoms with Crippen molar-refractivity contribution in [2.45, 2.75) is 0 Å². The lowest BCUT2D eigenvalue weighted by molar-refractivity contribution is 1.13. The summed E-state index contributed by atoms with van der Waals surface area (Å²) in [6, 6.07) is 10.3. The first-order valence-electron chi connectivity index (χ1n) is 3.03. The Balaban J connectivity index is 0.000000810. The van der Waals surface area contributed by atoms with Crippen LogP contribution in [0.1, 0.15) is 0 Å². The Hall–Kier alpha value is -0.250. The minimum Gasteiger partial charge on any atom is -0.378 e. The molecule has 1 nitrogen and oxygen atoms in total. The minimum atomic E-state index is 0. The Bertz CT molecular complexity index is 172. The molecule has 0 heterocycles. The molecule has 0 amide bonds. The average Bonchev–Trinajstić information content (AvgIpc) is 1.90. The zero-order valence-corrected chi connectivity index (χ0v) is 8.57. The van der Waals surface area contributed by atoms with Gasteiger partial charge >= 0.3 is 0 Å². The van der Waals surface area contributed by atoms with Gasteiger partial charge in [0.1, 0.15) is 0 Å². The van der Waals surface area contributed by atoms with E-state index in [0.29, 0.717) is 0 Å². The second-order valence-corrected chi connectivity index (χ2v) is 2.23. The van der Waals surface area contributed by atoms with Crippen LogP contribution in [0.4, 0.5) is 5.69 Å². The maximum Gasteiger partial charge on any atom is 0.0360 e. The van der Waals surface area contributed by atoms with E-state index >= 15 is 0 Å². The Morgan fingerprint density at radius 2 is 1.50 bits per heavy atom. The monoisotopic (exact) mass is 249 g/mol. The Morgan fingerprint density at radius 1 is 1.00 bits per heavy atom. The van der Waals surface area contributed by atoms with E-state index in [1.807, 2.05) is 32.3 Å². The maximum atomic E-state index is 2.08. The van der Waals surface area contributed by atoms with Crippen LogP contribution in [-0.2, 0) is 0 Å². The summed E-state index contributed by atoms with van der Waals surface area (Å²) in [4.78, 5) is 2.08. The van der Waals surface area contributed by atoms with Crippen molar-refractivity contribution in [2.24, 2.45) is 0 Å². The Labute approximate surface area is 79.1 Å². The van der Waals surface area contributed by atoms with Crippen LogP contribution >= 0.6 is 24.0 Å². The van der Waals surface area contributed by atoms with Gasteiger partial charge < -0.3 is 4.90 Å². The zero-order chi connectivity index (χ0) is 6.69. The molecule has 0 aliphatic rings. The normalized spacial score (nSPS) is 8.20. The molecule has 0 spiro atoms. The number of anilines is 1. The van der Waals surface area contributed by atoms with E-state index in [2.05, 4.69) is 17.0 Å². The predicted octanol–water partition coefficient (Wildman–Crippen LogP) is 2.37. The molecule has 1 aromatic rings. The summed E-state index contributed by atoms with van der Waals surface area (Å²) in [6.45, 7) is 0. The van der Waals surface area contributed by atoms with Crippen molar-refractivity contribution in [1.29, 1.82) is 0 Å². The van der Waals surface area contributed by atoms with Gasteiger partial charge in [0.2, 0.25) is 0 Å². The highest BCUT2D eigenvalue weighted by Gasteiger charge is 1.87. The molecular weight excluding hydrogens is 237 g/mol. The highest BCUT2D eigenvalue weighted by atomic mass is 127. The van der Waals surface area contributed by atoms with Crippen LogP contribution in [0, 0.1) is 0 Å². The largest absolute Gasteiger partial charge is 0.378 e. The fourth-order valence-electron chi connectivity index (χ4n) is 0.726. The molecule has 0 unspecified atom stereocenters. The molecular formula is C8H12IN. The van der Waals surface area contributed by atoms with Gasteiger partial charge in [0.15, 0.2) is 0 Å². The van der Waals surface area contributed by atoms with Crippen molar-refractivity contribution < 1.29 is 0 Å². The summed E-state index contributed by atoms with van der Waals surface area (Å²) in [5.74, 6) is 0. The van der Waals surface area contributed by atoms with Crippen LogP contribution in [0.25, 0.3) is 0 Å². The van der Waals surface area contributed by atoms with E-state index in [-0.39, 0.29) is 24.0 Å². The standard InChI is InChI=1S/C8H11N.HI/c1-9(2)8-6-4-3-5-7-8;/h3-7H,1-2H3;1H. The van der Waals surface area contributed by atoms with Gasteiger partial charge in [-0.2, -0.15) is 0 Å². The summed E-state index contributed by atoms with van der Waals surface area (Å²) < 4.78 is 0. The summed E-state index contributed by atoms with van der Waals surface area (Å²) in [7, 11) is 4.07. The number of benzene rings is 1. The van der Waals surface area contributed by atoms with Crippen molar-refractivity contribution in [2.75, 3.05) is 19.0 Å². The molecule has 10 heavy (non-hydrogen) atoms. The second-order valence-electron chi connectivity index (χ2n) is 2.23. The number of hydrogen-bond donors (Lipinski definition) is 0. The van der Waals surface area contributed by atoms with Gasteiger partial charge in [-0.3, -0.25) is 0 Å². The van der Waals surface area contributed by atoms with Gasteiger partial charge in [-0.15, -0.1) is 24.0 Å². The van der Waals surface area contributed by atoms with Crippen molar-refractivity contribution >= 4 is 29.7 Å². The average molecular weight is 249 g/mol. The van der Waals surface area contributed by atoms with Crippen molar-refractivity contribution in [3.8, 4) is 0 Å². The summed E-state index contributed by atoms with van der Waals surface area (Å²) in [5, 5.41) is 0. The molecule has 0 aliphatic carbocycles. The first-order valence-corrected chi connectivity index (χ1v) is 3.03. The van der Waals surface area contributed by atoms with Crippen LogP contribution < -0.4 is 4.90 Å². The third kappa shape index (κ3) is 2.56. The van der Waals surface area contributed by atoms with Crippen LogP contribution in [0.15, 0.2) is 30.3 Å². The van der Waals surface area contributed by atoms with E-state index in [1.165, 1.54) is 5.69 Å². The first-order chi connectivity index (χ1) is 4.30. The molecule has 0 fully saturated rings. The second kappa shape index (κ2) is 4.55. The number of hydrogen-bond acceptors (Lipinski definition) is 1. The molecule has 1 aromatic carbocycles. The fourth-order valence-corrected chi connectivity index (χ4v) is 0.726. The van der Waals surface area contributed by atoms with E-state index in [0.717, 1.165) is 0 Å². The third-order valence-electron chi connectivity index (χ3n) is 1.27. The first kappa shape index (κ1) is 9.75. The number of halogens is 1. The van der Waals surface area contributed by atoms with E-state index < -0.39 is 0 Å². The lowest BCUT2D eigenvalue weighted by Crippen LogP contribution is -2.07. The Morgan fingerprint density at radius 3 is 1.80 bits per heavy atom. The fraction of sp³-hybridized carbons (Fsp3) is 0.250. The molecule has 1 rings (SSSR count). The van der Waals surface area contributed by atoms with Crippen molar-refractivity contribution in [3.63, 3.8) is 0 Å². The molecule has 0 saturated carbocycles. The summed E-state index contributed by atoms with van der Waals surface area (Å²) in [5.41, 5.74) is 1.25. The Kier molecular flexibility index (Phi) is 4.43. The molecule has 0 atom stereocenters. The van der Waals surface area contributed by atoms with Gasteiger partial charge in [-0.25, -0.2) is 0 Å². The van der Waals surface area contributed by atoms with Gasteiger partial charge in [0, 0.05) is 19.8 Å². The van der Waals surface area contributed by atoms with Gasteiger partial charge in [0.25, 0.3) is 0 Å². The molecule has 0 radical (unpaired) electrons. The molecule has 2 heteroatoms. The summed E-state index contributed by atoms with van der Waals surface area (Å²) >= 11 is 0. The summed E-state index contributed by atoms with van der Waals surface area (Å²) in [6.07, 6.45) is 0. The number of rotatable bonds is 1. The minimum absolute atomic E-state index is 0. The predicted molar refractivity (Wildman–Crippen MR) is 56.2 cm³/mol. The molecule has 0 N–H and O–H groups in total. The third-order valence-corrected chi connectivity index (χ3v) is 1.27. The maximum absolute atomic E-state index is 2.08. The smallest absolute Gasteiger partial charge is 0.0360 e. The van der Waals surface area contributed by atoms with Crippen molar-refractivity contribution in [1.82, 2.24) is 0 Å². The molecule has 0 saturated heterocycles. The lowest BCUT2D eigenvalue weighted by Gasteiger charge is -2.10. The van der Waals surface area contributed by atoms with Crippen molar-refractivity contribution in [3.05, 3.63) is 30.3 Å². The highest BCUT2D eigenvalue weighted by Crippen LogP contribution is 2.07. The van der Waals surface area contributed by atoms with Crippen LogP contribution in [-0.4, -0.2) is 14.1 Å². The quantitative estimate of drug-likeness (QED) is 0.690. The molecule has 0 aliphatic heterocycles. The lowest BCUT2D eigenvalue weighted by atomic mass is 10.3. The van der Waals surface area contributed by atoms with Crippen LogP contribution in [0.3, 0.4) is 0 Å². The zero-order valence-electron chi connectivity index (χ0n) is 6.24.